The third kappa shape index (κ3) is 6.25. The summed E-state index contributed by atoms with van der Waals surface area (Å²) in [7, 11) is 0. The highest BCUT2D eigenvalue weighted by atomic mass is 16.4. The zero-order valence-electron chi connectivity index (χ0n) is 22.9. The molecule has 0 spiro atoms. The molecule has 5 amide bonds. The van der Waals surface area contributed by atoms with Crippen molar-refractivity contribution in [3.05, 3.63) is 59.2 Å². The van der Waals surface area contributed by atoms with Crippen LogP contribution in [0, 0.1) is 0 Å². The Kier molecular flexibility index (Phi) is 8.48. The number of hydrogen-bond donors (Lipinski definition) is 4. The molecule has 0 aromatic heterocycles. The number of aliphatic carboxylic acids is 1. The van der Waals surface area contributed by atoms with Crippen LogP contribution in [-0.4, -0.2) is 102 Å². The number of anilines is 2. The Balaban J connectivity index is 1.09. The zero-order valence-corrected chi connectivity index (χ0v) is 22.9. The van der Waals surface area contributed by atoms with Crippen molar-refractivity contribution < 1.29 is 33.9 Å². The van der Waals surface area contributed by atoms with E-state index in [0.717, 1.165) is 29.2 Å². The van der Waals surface area contributed by atoms with Crippen LogP contribution in [0.25, 0.3) is 0 Å². The summed E-state index contributed by atoms with van der Waals surface area (Å²) in [4.78, 5) is 78.4. The minimum Gasteiger partial charge on any atom is -0.480 e. The van der Waals surface area contributed by atoms with Gasteiger partial charge < -0.3 is 20.6 Å². The number of carboxylic acids is 1. The van der Waals surface area contributed by atoms with Gasteiger partial charge in [-0.25, -0.2) is 0 Å². The van der Waals surface area contributed by atoms with E-state index in [1.165, 1.54) is 6.07 Å². The first kappa shape index (κ1) is 28.7. The van der Waals surface area contributed by atoms with Gasteiger partial charge in [-0.05, 0) is 36.2 Å². The Hall–Kier alpha value is -4.78. The second-order valence-electron chi connectivity index (χ2n) is 10.5. The van der Waals surface area contributed by atoms with Gasteiger partial charge in [0.25, 0.3) is 11.8 Å². The van der Waals surface area contributed by atoms with Gasteiger partial charge >= 0.3 is 5.97 Å². The molecule has 3 aliphatic rings. The van der Waals surface area contributed by atoms with Gasteiger partial charge in [-0.15, -0.1) is 0 Å². The summed E-state index contributed by atoms with van der Waals surface area (Å²) in [5, 5.41) is 17.1. The van der Waals surface area contributed by atoms with Crippen molar-refractivity contribution in [2.24, 2.45) is 0 Å². The van der Waals surface area contributed by atoms with Gasteiger partial charge in [0.2, 0.25) is 17.7 Å². The Morgan fingerprint density at radius 1 is 0.929 bits per heavy atom. The number of carbonyl (C=O) groups excluding carboxylic acids is 5. The van der Waals surface area contributed by atoms with Crippen molar-refractivity contribution in [3.63, 3.8) is 0 Å². The molecule has 2 saturated heterocycles. The lowest BCUT2D eigenvalue weighted by atomic mass is 10.0. The summed E-state index contributed by atoms with van der Waals surface area (Å²) in [5.41, 5.74) is 2.66. The maximum absolute atomic E-state index is 13.2. The minimum absolute atomic E-state index is 0.0475. The smallest absolute Gasteiger partial charge is 0.317 e. The third-order valence-electron chi connectivity index (χ3n) is 7.63. The SMILES string of the molecule is O=C(O)CN1CCN(c2ccc(CC(=O)NCCNc3cccc4c3C(=O)N(C3CCC(=O)NC3=O)C4=O)cc2)CC1. The van der Waals surface area contributed by atoms with Crippen LogP contribution in [0.4, 0.5) is 11.4 Å². The number of nitrogens with one attached hydrogen (secondary N) is 3. The van der Waals surface area contributed by atoms with Crippen molar-refractivity contribution in [1.29, 1.82) is 0 Å². The molecular formula is C29H32N6O7. The van der Waals surface area contributed by atoms with E-state index in [1.54, 1.807) is 12.1 Å². The maximum Gasteiger partial charge on any atom is 0.317 e. The number of carboxylic acid groups (broad SMARTS) is 1. The molecule has 0 saturated carbocycles. The van der Waals surface area contributed by atoms with Crippen molar-refractivity contribution in [3.8, 4) is 0 Å². The number of carbonyl (C=O) groups is 6. The van der Waals surface area contributed by atoms with Crippen molar-refractivity contribution in [2.75, 3.05) is 56.0 Å². The molecule has 5 rings (SSSR count). The molecule has 0 bridgehead atoms. The third-order valence-corrected chi connectivity index (χ3v) is 7.63. The molecule has 13 heteroatoms. The molecule has 0 radical (unpaired) electrons. The van der Waals surface area contributed by atoms with Crippen LogP contribution in [0.2, 0.25) is 0 Å². The molecule has 220 valence electrons. The number of fused-ring (bicyclic) bond motifs is 1. The average Bonchev–Trinajstić information content (AvgIpc) is 3.22. The molecule has 2 aromatic rings. The predicted molar refractivity (Wildman–Crippen MR) is 151 cm³/mol. The predicted octanol–water partition coefficient (Wildman–Crippen LogP) is 0.0652. The number of imide groups is 2. The fourth-order valence-corrected chi connectivity index (χ4v) is 5.49. The van der Waals surface area contributed by atoms with Gasteiger partial charge in [-0.1, -0.05) is 18.2 Å². The van der Waals surface area contributed by atoms with E-state index in [4.69, 9.17) is 5.11 Å². The van der Waals surface area contributed by atoms with E-state index >= 15 is 0 Å². The lowest BCUT2D eigenvalue weighted by Gasteiger charge is -2.35. The summed E-state index contributed by atoms with van der Waals surface area (Å²) in [6, 6.07) is 11.5. The van der Waals surface area contributed by atoms with Gasteiger partial charge in [0, 0.05) is 57.1 Å². The van der Waals surface area contributed by atoms with E-state index in [9.17, 15) is 28.8 Å². The number of benzene rings is 2. The van der Waals surface area contributed by atoms with E-state index in [1.807, 2.05) is 29.2 Å². The Morgan fingerprint density at radius 2 is 1.67 bits per heavy atom. The Morgan fingerprint density at radius 3 is 2.36 bits per heavy atom. The van der Waals surface area contributed by atoms with E-state index in [0.29, 0.717) is 25.3 Å². The highest BCUT2D eigenvalue weighted by Gasteiger charge is 2.45. The standard InChI is InChI=1S/C29H32N6O7/c36-23-9-8-22(27(40)32-23)35-28(41)20-2-1-3-21(26(20)29(35)42)30-10-11-31-24(37)16-18-4-6-19(7-5-18)34-14-12-33(13-15-34)17-25(38)39/h1-7,22,30H,8-17H2,(H,31,37)(H,38,39)(H,32,36,40). The molecule has 2 fully saturated rings. The fourth-order valence-electron chi connectivity index (χ4n) is 5.49. The average molecular weight is 577 g/mol. The van der Waals surface area contributed by atoms with Gasteiger partial charge in [-0.2, -0.15) is 0 Å². The first-order valence-electron chi connectivity index (χ1n) is 13.8. The van der Waals surface area contributed by atoms with Crippen LogP contribution in [0.15, 0.2) is 42.5 Å². The summed E-state index contributed by atoms with van der Waals surface area (Å²) < 4.78 is 0. The summed E-state index contributed by atoms with van der Waals surface area (Å²) >= 11 is 0. The molecule has 4 N–H and O–H groups in total. The molecule has 3 heterocycles. The van der Waals surface area contributed by atoms with Crippen LogP contribution >= 0.6 is 0 Å². The lowest BCUT2D eigenvalue weighted by Crippen LogP contribution is -2.54. The van der Waals surface area contributed by atoms with Crippen LogP contribution in [-0.2, 0) is 25.6 Å². The van der Waals surface area contributed by atoms with E-state index in [-0.39, 0.29) is 49.4 Å². The quantitative estimate of drug-likeness (QED) is 0.224. The monoisotopic (exact) mass is 576 g/mol. The van der Waals surface area contributed by atoms with Gasteiger partial charge in [0.1, 0.15) is 6.04 Å². The van der Waals surface area contributed by atoms with Crippen molar-refractivity contribution >= 4 is 46.9 Å². The summed E-state index contributed by atoms with van der Waals surface area (Å²) in [5.74, 6) is -3.26. The first-order chi connectivity index (χ1) is 20.2. The van der Waals surface area contributed by atoms with Gasteiger partial charge in [-0.3, -0.25) is 43.9 Å². The largest absolute Gasteiger partial charge is 0.480 e. The summed E-state index contributed by atoms with van der Waals surface area (Å²) in [6.45, 7) is 3.46. The Labute approximate surface area is 241 Å². The first-order valence-corrected chi connectivity index (χ1v) is 13.8. The maximum atomic E-state index is 13.2. The number of piperidine rings is 1. The molecule has 42 heavy (non-hydrogen) atoms. The molecule has 1 unspecified atom stereocenters. The molecule has 1 atom stereocenters. The second-order valence-corrected chi connectivity index (χ2v) is 10.5. The van der Waals surface area contributed by atoms with Crippen molar-refractivity contribution in [1.82, 2.24) is 20.4 Å². The van der Waals surface area contributed by atoms with Gasteiger partial charge in [0.05, 0.1) is 24.1 Å². The summed E-state index contributed by atoms with van der Waals surface area (Å²) in [6.07, 6.45) is 0.326. The van der Waals surface area contributed by atoms with Crippen LogP contribution in [0.5, 0.6) is 0 Å². The number of hydrogen-bond acceptors (Lipinski definition) is 9. The van der Waals surface area contributed by atoms with Crippen LogP contribution in [0.3, 0.4) is 0 Å². The Bertz CT molecular complexity index is 1420. The van der Waals surface area contributed by atoms with Gasteiger partial charge in [0.15, 0.2) is 0 Å². The number of rotatable bonds is 10. The molecule has 0 aliphatic carbocycles. The molecule has 13 nitrogen and oxygen atoms in total. The van der Waals surface area contributed by atoms with E-state index in [2.05, 4.69) is 20.9 Å². The highest BCUT2D eigenvalue weighted by molar-refractivity contribution is 6.25. The van der Waals surface area contributed by atoms with Crippen LogP contribution < -0.4 is 20.9 Å². The van der Waals surface area contributed by atoms with Crippen LogP contribution in [0.1, 0.15) is 39.1 Å². The zero-order chi connectivity index (χ0) is 29.8. The number of nitrogens with zero attached hydrogens (tertiary/aromatic N) is 3. The minimum atomic E-state index is -1.04. The molecular weight excluding hydrogens is 544 g/mol. The topological polar surface area (TPSA) is 168 Å². The fraction of sp³-hybridized carbons (Fsp3) is 0.379. The number of amides is 5. The van der Waals surface area contributed by atoms with E-state index < -0.39 is 35.6 Å². The highest BCUT2D eigenvalue weighted by Crippen LogP contribution is 2.32. The normalized spacial score (nSPS) is 19.0. The number of piperazine rings is 1. The molecule has 3 aliphatic heterocycles. The van der Waals surface area contributed by atoms with Crippen molar-refractivity contribution in [2.45, 2.75) is 25.3 Å². The second kappa shape index (κ2) is 12.4. The molecule has 2 aromatic carbocycles. The lowest BCUT2D eigenvalue weighted by molar-refractivity contribution is -0.138.